The summed E-state index contributed by atoms with van der Waals surface area (Å²) in [4.78, 5) is 0. The lowest BCUT2D eigenvalue weighted by Gasteiger charge is -2.05. The smallest absolute Gasteiger partial charge is 0.135 e. The lowest BCUT2D eigenvalue weighted by Crippen LogP contribution is -2.14. The van der Waals surface area contributed by atoms with E-state index in [1.807, 2.05) is 12.1 Å². The van der Waals surface area contributed by atoms with E-state index in [2.05, 4.69) is 24.4 Å². The average Bonchev–Trinajstić information content (AvgIpc) is 3.22. The van der Waals surface area contributed by atoms with Gasteiger partial charge in [0.2, 0.25) is 0 Å². The Morgan fingerprint density at radius 2 is 2.15 bits per heavy atom. The molecule has 1 aliphatic rings. The largest absolute Gasteiger partial charge is 0.458 e. The van der Waals surface area contributed by atoms with E-state index in [9.17, 15) is 0 Å². The summed E-state index contributed by atoms with van der Waals surface area (Å²) >= 11 is 0. The van der Waals surface area contributed by atoms with Gasteiger partial charge in [0.15, 0.2) is 0 Å². The molecule has 0 aliphatic heterocycles. The van der Waals surface area contributed by atoms with Crippen molar-refractivity contribution in [2.24, 2.45) is 5.92 Å². The molecule has 2 aromatic rings. The monoisotopic (exact) mass is 273 g/mol. The highest BCUT2D eigenvalue weighted by molar-refractivity contribution is 5.82. The zero-order chi connectivity index (χ0) is 13.8. The number of fused-ring (bicyclic) bond motifs is 1. The van der Waals surface area contributed by atoms with Crippen LogP contribution in [0.15, 0.2) is 28.7 Å². The van der Waals surface area contributed by atoms with E-state index in [0.717, 1.165) is 43.4 Å². The van der Waals surface area contributed by atoms with Gasteiger partial charge in [0.1, 0.15) is 18.0 Å². The number of hydrogen-bond donors (Lipinski definition) is 1. The Morgan fingerprint density at radius 1 is 1.30 bits per heavy atom. The van der Waals surface area contributed by atoms with Gasteiger partial charge in [-0.05, 0) is 37.8 Å². The number of furan rings is 1. The predicted octanol–water partition coefficient (Wildman–Crippen LogP) is 3.86. The summed E-state index contributed by atoms with van der Waals surface area (Å²) in [6.45, 7) is 5.53. The highest BCUT2D eigenvalue weighted by Crippen LogP contribution is 2.30. The molecule has 1 saturated carbocycles. The fourth-order valence-electron chi connectivity index (χ4n) is 2.45. The molecule has 3 rings (SSSR count). The standard InChI is InChI=1S/C17H23NO2/c1-2-9-18-10-15-14-5-3-4-6-16(14)20-17(15)12-19-11-13-7-8-13/h3-6,13,18H,2,7-12H2,1H3. The molecule has 1 N–H and O–H groups in total. The Morgan fingerprint density at radius 3 is 2.95 bits per heavy atom. The van der Waals surface area contributed by atoms with E-state index in [1.54, 1.807) is 0 Å². The van der Waals surface area contributed by atoms with Gasteiger partial charge in [-0.2, -0.15) is 0 Å². The lowest BCUT2D eigenvalue weighted by molar-refractivity contribution is 0.0976. The summed E-state index contributed by atoms with van der Waals surface area (Å²) < 4.78 is 11.8. The molecule has 3 heteroatoms. The number of nitrogens with one attached hydrogen (secondary N) is 1. The van der Waals surface area contributed by atoms with Crippen LogP contribution in [0.25, 0.3) is 11.0 Å². The molecule has 20 heavy (non-hydrogen) atoms. The highest BCUT2D eigenvalue weighted by Gasteiger charge is 2.22. The molecule has 0 amide bonds. The summed E-state index contributed by atoms with van der Waals surface area (Å²) in [5.41, 5.74) is 2.22. The van der Waals surface area contributed by atoms with Crippen molar-refractivity contribution in [3.05, 3.63) is 35.6 Å². The summed E-state index contributed by atoms with van der Waals surface area (Å²) in [6, 6.07) is 8.25. The average molecular weight is 273 g/mol. The SMILES string of the molecule is CCCNCc1c(COCC2CC2)oc2ccccc12. The maximum absolute atomic E-state index is 5.97. The topological polar surface area (TPSA) is 34.4 Å². The van der Waals surface area contributed by atoms with Gasteiger partial charge in [-0.1, -0.05) is 25.1 Å². The van der Waals surface area contributed by atoms with Crippen molar-refractivity contribution >= 4 is 11.0 Å². The van der Waals surface area contributed by atoms with Crippen LogP contribution in [0.1, 0.15) is 37.5 Å². The quantitative estimate of drug-likeness (QED) is 0.742. The highest BCUT2D eigenvalue weighted by atomic mass is 16.5. The van der Waals surface area contributed by atoms with Crippen molar-refractivity contribution in [1.82, 2.24) is 5.32 Å². The maximum Gasteiger partial charge on any atom is 0.135 e. The van der Waals surface area contributed by atoms with Crippen molar-refractivity contribution < 1.29 is 9.15 Å². The number of hydrogen-bond acceptors (Lipinski definition) is 3. The molecule has 108 valence electrons. The van der Waals surface area contributed by atoms with E-state index in [0.29, 0.717) is 6.61 Å². The summed E-state index contributed by atoms with van der Waals surface area (Å²) in [5.74, 6) is 1.77. The molecule has 1 aromatic heterocycles. The molecule has 0 unspecified atom stereocenters. The Hall–Kier alpha value is -1.32. The molecule has 1 heterocycles. The zero-order valence-electron chi connectivity index (χ0n) is 12.2. The first kappa shape index (κ1) is 13.7. The summed E-state index contributed by atoms with van der Waals surface area (Å²) in [7, 11) is 0. The number of benzene rings is 1. The molecule has 1 fully saturated rings. The second kappa shape index (κ2) is 6.42. The number of para-hydroxylation sites is 1. The number of rotatable bonds is 8. The van der Waals surface area contributed by atoms with Crippen LogP contribution in [0.3, 0.4) is 0 Å². The van der Waals surface area contributed by atoms with Crippen LogP contribution in [0.4, 0.5) is 0 Å². The van der Waals surface area contributed by atoms with Crippen LogP contribution < -0.4 is 5.32 Å². The van der Waals surface area contributed by atoms with Gasteiger partial charge in [0.25, 0.3) is 0 Å². The minimum Gasteiger partial charge on any atom is -0.458 e. The molecule has 0 saturated heterocycles. The van der Waals surface area contributed by atoms with E-state index < -0.39 is 0 Å². The Bertz CT molecular complexity index is 557. The third-order valence-electron chi connectivity index (χ3n) is 3.79. The molecule has 3 nitrogen and oxygen atoms in total. The Kier molecular flexibility index (Phi) is 4.38. The number of ether oxygens (including phenoxy) is 1. The van der Waals surface area contributed by atoms with Crippen molar-refractivity contribution in [2.75, 3.05) is 13.2 Å². The van der Waals surface area contributed by atoms with Crippen LogP contribution >= 0.6 is 0 Å². The Labute approximate surface area is 120 Å². The van der Waals surface area contributed by atoms with Gasteiger partial charge in [-0.3, -0.25) is 0 Å². The molecule has 0 spiro atoms. The molecule has 0 atom stereocenters. The first-order valence-corrected chi connectivity index (χ1v) is 7.66. The second-order valence-electron chi connectivity index (χ2n) is 5.64. The van der Waals surface area contributed by atoms with Gasteiger partial charge >= 0.3 is 0 Å². The third kappa shape index (κ3) is 3.22. The zero-order valence-corrected chi connectivity index (χ0v) is 12.2. The fraction of sp³-hybridized carbons (Fsp3) is 0.529. The van der Waals surface area contributed by atoms with Crippen molar-refractivity contribution in [1.29, 1.82) is 0 Å². The predicted molar refractivity (Wildman–Crippen MR) is 80.6 cm³/mol. The van der Waals surface area contributed by atoms with Gasteiger partial charge in [0, 0.05) is 24.1 Å². The van der Waals surface area contributed by atoms with Gasteiger partial charge in [0.05, 0.1) is 0 Å². The minimum atomic E-state index is 0.592. The van der Waals surface area contributed by atoms with Crippen molar-refractivity contribution in [3.63, 3.8) is 0 Å². The first-order chi connectivity index (χ1) is 9.88. The molecular formula is C17H23NO2. The first-order valence-electron chi connectivity index (χ1n) is 7.66. The van der Waals surface area contributed by atoms with E-state index in [1.165, 1.54) is 23.8 Å². The maximum atomic E-state index is 5.97. The second-order valence-corrected chi connectivity index (χ2v) is 5.64. The third-order valence-corrected chi connectivity index (χ3v) is 3.79. The van der Waals surface area contributed by atoms with Gasteiger partial charge < -0.3 is 14.5 Å². The van der Waals surface area contributed by atoms with Crippen molar-refractivity contribution in [3.8, 4) is 0 Å². The van der Waals surface area contributed by atoms with Crippen LogP contribution in [0.2, 0.25) is 0 Å². The lowest BCUT2D eigenvalue weighted by atomic mass is 10.1. The normalized spacial score (nSPS) is 15.1. The van der Waals surface area contributed by atoms with Crippen LogP contribution in [-0.2, 0) is 17.9 Å². The summed E-state index contributed by atoms with van der Waals surface area (Å²) in [5, 5.41) is 4.68. The fourth-order valence-corrected chi connectivity index (χ4v) is 2.45. The van der Waals surface area contributed by atoms with Crippen LogP contribution in [0.5, 0.6) is 0 Å². The minimum absolute atomic E-state index is 0.592. The molecule has 1 aromatic carbocycles. The van der Waals surface area contributed by atoms with Crippen LogP contribution in [-0.4, -0.2) is 13.2 Å². The molecule has 0 radical (unpaired) electrons. The summed E-state index contributed by atoms with van der Waals surface area (Å²) in [6.07, 6.45) is 3.79. The van der Waals surface area contributed by atoms with Crippen molar-refractivity contribution in [2.45, 2.75) is 39.3 Å². The van der Waals surface area contributed by atoms with Gasteiger partial charge in [-0.25, -0.2) is 0 Å². The van der Waals surface area contributed by atoms with E-state index in [-0.39, 0.29) is 0 Å². The van der Waals surface area contributed by atoms with E-state index in [4.69, 9.17) is 9.15 Å². The van der Waals surface area contributed by atoms with E-state index >= 15 is 0 Å². The van der Waals surface area contributed by atoms with Crippen LogP contribution in [0, 0.1) is 5.92 Å². The molecule has 1 aliphatic carbocycles. The molecular weight excluding hydrogens is 250 g/mol. The molecule has 0 bridgehead atoms. The Balaban J connectivity index is 1.74. The van der Waals surface area contributed by atoms with Gasteiger partial charge in [-0.15, -0.1) is 0 Å².